The van der Waals surface area contributed by atoms with Crippen LogP contribution in [0.1, 0.15) is 45.2 Å². The van der Waals surface area contributed by atoms with Crippen molar-refractivity contribution in [3.8, 4) is 11.5 Å². The van der Waals surface area contributed by atoms with Crippen LogP contribution in [0.5, 0.6) is 11.5 Å². The third-order valence-electron chi connectivity index (χ3n) is 9.09. The summed E-state index contributed by atoms with van der Waals surface area (Å²) in [5, 5.41) is 0. The molecule has 0 aliphatic carbocycles. The van der Waals surface area contributed by atoms with Crippen LogP contribution >= 0.6 is 0 Å². The molecule has 0 saturated heterocycles. The van der Waals surface area contributed by atoms with E-state index >= 15 is 0 Å². The van der Waals surface area contributed by atoms with Crippen molar-refractivity contribution in [2.24, 2.45) is 5.92 Å². The lowest BCUT2D eigenvalue weighted by Gasteiger charge is -2.53. The van der Waals surface area contributed by atoms with Gasteiger partial charge in [-0.2, -0.15) is 0 Å². The van der Waals surface area contributed by atoms with Crippen molar-refractivity contribution in [2.75, 3.05) is 0 Å². The highest BCUT2D eigenvalue weighted by Crippen LogP contribution is 2.61. The van der Waals surface area contributed by atoms with Gasteiger partial charge >= 0.3 is 0 Å². The molecule has 0 amide bonds. The maximum absolute atomic E-state index is 7.19. The first-order chi connectivity index (χ1) is 21.8. The molecule has 4 atom stereocenters. The van der Waals surface area contributed by atoms with E-state index in [9.17, 15) is 0 Å². The van der Waals surface area contributed by atoms with Crippen LogP contribution in [0, 0.1) is 5.92 Å². The highest BCUT2D eigenvalue weighted by Gasteiger charge is 2.59. The second-order valence-corrected chi connectivity index (χ2v) is 11.6. The summed E-state index contributed by atoms with van der Waals surface area (Å²) in [6.45, 7) is 0. The van der Waals surface area contributed by atoms with E-state index in [0.717, 1.165) is 22.6 Å². The Morgan fingerprint density at radius 2 is 0.932 bits per heavy atom. The topological polar surface area (TPSA) is 18.5 Å². The molecule has 8 rings (SSSR count). The first-order valence-corrected chi connectivity index (χ1v) is 15.3. The van der Waals surface area contributed by atoms with E-state index in [1.807, 2.05) is 0 Å². The average Bonchev–Trinajstić information content (AvgIpc) is 3.10. The van der Waals surface area contributed by atoms with E-state index in [2.05, 4.69) is 176 Å². The van der Waals surface area contributed by atoms with E-state index in [4.69, 9.17) is 9.47 Å². The maximum atomic E-state index is 7.19. The van der Waals surface area contributed by atoms with Gasteiger partial charge in [0.15, 0.2) is 0 Å². The number of benzene rings is 6. The van der Waals surface area contributed by atoms with E-state index in [0.29, 0.717) is 0 Å². The highest BCUT2D eigenvalue weighted by atomic mass is 16.7. The van der Waals surface area contributed by atoms with Gasteiger partial charge in [0.25, 0.3) is 5.79 Å². The molecule has 2 aliphatic heterocycles. The number of hydrogen-bond donors (Lipinski definition) is 0. The molecule has 6 aromatic rings. The first-order valence-electron chi connectivity index (χ1n) is 15.3. The minimum absolute atomic E-state index is 0.00348. The molecule has 212 valence electrons. The lowest BCUT2D eigenvalue weighted by molar-refractivity contribution is -0.192. The minimum atomic E-state index is -1.07. The monoisotopic (exact) mass is 568 g/mol. The van der Waals surface area contributed by atoms with Crippen LogP contribution in [0.4, 0.5) is 0 Å². The fraction of sp³-hybridized carbons (Fsp3) is 0.0952. The molecule has 6 aromatic carbocycles. The predicted octanol–water partition coefficient (Wildman–Crippen LogP) is 9.99. The summed E-state index contributed by atoms with van der Waals surface area (Å²) in [4.78, 5) is 0. The summed E-state index contributed by atoms with van der Waals surface area (Å²) in [6.07, 6.45) is 2.47. The van der Waals surface area contributed by atoms with Crippen LogP contribution in [0.25, 0.3) is 5.57 Å². The third-order valence-corrected chi connectivity index (χ3v) is 9.09. The van der Waals surface area contributed by atoms with Crippen molar-refractivity contribution in [3.05, 3.63) is 209 Å². The molecule has 0 N–H and O–H groups in total. The zero-order valence-corrected chi connectivity index (χ0v) is 24.3. The molecule has 0 fully saturated rings. The average molecular weight is 569 g/mol. The normalized spacial score (nSPS) is 21.4. The van der Waals surface area contributed by atoms with Crippen molar-refractivity contribution in [2.45, 2.75) is 17.6 Å². The van der Waals surface area contributed by atoms with Gasteiger partial charge in [0.05, 0.1) is 5.92 Å². The van der Waals surface area contributed by atoms with Crippen LogP contribution in [-0.4, -0.2) is 0 Å². The van der Waals surface area contributed by atoms with Crippen LogP contribution in [0.3, 0.4) is 0 Å². The number of ether oxygens (including phenoxy) is 2. The lowest BCUT2D eigenvalue weighted by Crippen LogP contribution is -2.55. The van der Waals surface area contributed by atoms with Gasteiger partial charge < -0.3 is 9.47 Å². The van der Waals surface area contributed by atoms with Crippen molar-refractivity contribution in [1.29, 1.82) is 0 Å². The van der Waals surface area contributed by atoms with Gasteiger partial charge in [0.2, 0.25) is 0 Å². The number of fused-ring (bicyclic) bond motifs is 3. The fourth-order valence-electron chi connectivity index (χ4n) is 7.21. The summed E-state index contributed by atoms with van der Waals surface area (Å²) in [7, 11) is 0. The van der Waals surface area contributed by atoms with Crippen LogP contribution in [0.15, 0.2) is 176 Å². The second-order valence-electron chi connectivity index (χ2n) is 11.6. The van der Waals surface area contributed by atoms with Gasteiger partial charge in [-0.15, -0.1) is 0 Å². The molecular formula is C42H32O2. The SMILES string of the molecule is C(=C(c1ccccc1)c1ccccc1)C1c2ccccc2OC2(c3ccccc3)Oc3ccccc3C(c3ccccc3)C12. The molecule has 0 radical (unpaired) electrons. The van der Waals surface area contributed by atoms with Crippen molar-refractivity contribution < 1.29 is 9.47 Å². The summed E-state index contributed by atoms with van der Waals surface area (Å²) >= 11 is 0. The van der Waals surface area contributed by atoms with Gasteiger partial charge in [0.1, 0.15) is 11.5 Å². The minimum Gasteiger partial charge on any atom is -0.448 e. The predicted molar refractivity (Wildman–Crippen MR) is 177 cm³/mol. The molecule has 2 heterocycles. The lowest BCUT2D eigenvalue weighted by atomic mass is 9.63. The first kappa shape index (κ1) is 26.3. The molecule has 44 heavy (non-hydrogen) atoms. The van der Waals surface area contributed by atoms with Crippen LogP contribution in [0.2, 0.25) is 0 Å². The Balaban J connectivity index is 1.46. The standard InChI is InChI=1S/C42H32O2/c1-5-17-30(18-6-1)36(31-19-7-2-8-20-31)29-37-34-25-13-15-27-38(34)43-42(33-23-11-4-12-24-33)41(37)40(32-21-9-3-10-22-32)35-26-14-16-28-39(35)44-42/h1-29,37,40-41H. The summed E-state index contributed by atoms with van der Waals surface area (Å²) in [5.74, 6) is 0.470. The summed E-state index contributed by atoms with van der Waals surface area (Å²) in [5.41, 5.74) is 8.16. The maximum Gasteiger partial charge on any atom is 0.282 e. The Hall–Kier alpha value is -5.34. The Bertz CT molecular complexity index is 1870. The van der Waals surface area contributed by atoms with Crippen LogP contribution in [-0.2, 0) is 5.79 Å². The van der Waals surface area contributed by atoms with Gasteiger partial charge in [-0.3, -0.25) is 0 Å². The Kier molecular flexibility index (Phi) is 6.61. The smallest absolute Gasteiger partial charge is 0.282 e. The van der Waals surface area contributed by atoms with Crippen molar-refractivity contribution in [1.82, 2.24) is 0 Å². The van der Waals surface area contributed by atoms with E-state index < -0.39 is 5.79 Å². The Morgan fingerprint density at radius 1 is 0.477 bits per heavy atom. The molecule has 2 nitrogen and oxygen atoms in total. The Morgan fingerprint density at radius 3 is 1.52 bits per heavy atom. The Labute approximate surface area is 258 Å². The quantitative estimate of drug-likeness (QED) is 0.206. The van der Waals surface area contributed by atoms with E-state index in [-0.39, 0.29) is 17.8 Å². The van der Waals surface area contributed by atoms with Crippen molar-refractivity contribution >= 4 is 5.57 Å². The molecule has 0 aromatic heterocycles. The van der Waals surface area contributed by atoms with Crippen LogP contribution < -0.4 is 9.47 Å². The van der Waals surface area contributed by atoms with Gasteiger partial charge in [0, 0.05) is 28.5 Å². The van der Waals surface area contributed by atoms with E-state index in [1.54, 1.807) is 0 Å². The number of rotatable bonds is 5. The summed E-state index contributed by atoms with van der Waals surface area (Å²) < 4.78 is 14.4. The summed E-state index contributed by atoms with van der Waals surface area (Å²) in [6, 6.07) is 59.8. The molecule has 0 bridgehead atoms. The zero-order chi connectivity index (χ0) is 29.3. The number of hydrogen-bond acceptors (Lipinski definition) is 2. The molecule has 4 unspecified atom stereocenters. The molecular weight excluding hydrogens is 536 g/mol. The van der Waals surface area contributed by atoms with E-state index in [1.165, 1.54) is 27.8 Å². The third kappa shape index (κ3) is 4.42. The molecule has 0 spiro atoms. The van der Waals surface area contributed by atoms with Gasteiger partial charge in [-0.05, 0) is 34.4 Å². The van der Waals surface area contributed by atoms with Gasteiger partial charge in [-0.25, -0.2) is 0 Å². The zero-order valence-electron chi connectivity index (χ0n) is 24.3. The second kappa shape index (κ2) is 11.1. The molecule has 2 aliphatic rings. The highest BCUT2D eigenvalue weighted by molar-refractivity contribution is 5.80. The number of allylic oxidation sites excluding steroid dienone is 1. The van der Waals surface area contributed by atoms with Gasteiger partial charge in [-0.1, -0.05) is 164 Å². The molecule has 2 heteroatoms. The number of para-hydroxylation sites is 2. The fourth-order valence-corrected chi connectivity index (χ4v) is 7.21. The molecule has 0 saturated carbocycles. The largest absolute Gasteiger partial charge is 0.448 e. The van der Waals surface area contributed by atoms with Crippen molar-refractivity contribution in [3.63, 3.8) is 0 Å².